The molecule has 0 N–H and O–H groups in total. The molecule has 0 aliphatic rings. The fourth-order valence-electron chi connectivity index (χ4n) is 2.63. The summed E-state index contributed by atoms with van der Waals surface area (Å²) in [7, 11) is -3.81. The zero-order valence-corrected chi connectivity index (χ0v) is 19.8. The van der Waals surface area contributed by atoms with Crippen LogP contribution in [0, 0.1) is 12.0 Å². The molecule has 0 aliphatic heterocycles. The summed E-state index contributed by atoms with van der Waals surface area (Å²) in [5.74, 6) is 2.47. The molecule has 178 valence electrons. The minimum atomic E-state index is -3.81. The van der Waals surface area contributed by atoms with Gasteiger partial charge in [-0.25, -0.2) is 0 Å². The third-order valence-electron chi connectivity index (χ3n) is 4.33. The van der Waals surface area contributed by atoms with Crippen molar-refractivity contribution < 1.29 is 31.8 Å². The van der Waals surface area contributed by atoms with Crippen molar-refractivity contribution >= 4 is 10.1 Å². The van der Waals surface area contributed by atoms with Crippen molar-refractivity contribution in [3.63, 3.8) is 0 Å². The third kappa shape index (κ3) is 23.4. The van der Waals surface area contributed by atoms with E-state index in [9.17, 15) is 8.42 Å². The fourth-order valence-corrected chi connectivity index (χ4v) is 3.16. The molecule has 0 saturated heterocycles. The highest BCUT2D eigenvalue weighted by atomic mass is 32.2. The summed E-state index contributed by atoms with van der Waals surface area (Å²) in [4.78, 5) is 4.48. The van der Waals surface area contributed by atoms with Crippen LogP contribution in [0.1, 0.15) is 84.5 Å². The maximum Gasteiger partial charge on any atom is 0.306 e. The Hall–Kier alpha value is -0.850. The first-order valence-corrected chi connectivity index (χ1v) is 13.0. The number of ether oxygens (including phenoxy) is 3. The second-order valence-electron chi connectivity index (χ2n) is 7.05. The van der Waals surface area contributed by atoms with Gasteiger partial charge in [-0.15, -0.1) is 0 Å². The standard InChI is InChI=1S/C22H42O7S/c1-3-5-6-7-8-9-10-11-12-13-14-15-16-28-29-30(23,24)22-21-27-20-19-26-18-17-25-4-2/h3-14,17-22H2,1-2H3. The molecule has 0 aromatic heterocycles. The first-order chi connectivity index (χ1) is 14.6. The summed E-state index contributed by atoms with van der Waals surface area (Å²) in [6.07, 6.45) is 15.6. The molecule has 0 rings (SSSR count). The first-order valence-electron chi connectivity index (χ1n) is 11.4. The topological polar surface area (TPSA) is 80.3 Å². The van der Waals surface area contributed by atoms with Gasteiger partial charge in [0.25, 0.3) is 0 Å². The average Bonchev–Trinajstić information content (AvgIpc) is 2.72. The molecule has 0 unspecified atom stereocenters. The van der Waals surface area contributed by atoms with Crippen molar-refractivity contribution in [2.75, 3.05) is 45.4 Å². The second kappa shape index (κ2) is 22.8. The molecule has 0 atom stereocenters. The lowest BCUT2D eigenvalue weighted by Crippen LogP contribution is -2.16. The molecule has 8 heteroatoms. The van der Waals surface area contributed by atoms with Crippen LogP contribution in [-0.2, 0) is 33.6 Å². The van der Waals surface area contributed by atoms with E-state index in [2.05, 4.69) is 28.2 Å². The van der Waals surface area contributed by atoms with Crippen LogP contribution in [0.5, 0.6) is 0 Å². The third-order valence-corrected chi connectivity index (χ3v) is 5.27. The van der Waals surface area contributed by atoms with Gasteiger partial charge in [-0.2, -0.15) is 8.42 Å². The van der Waals surface area contributed by atoms with E-state index < -0.39 is 10.1 Å². The molecule has 7 nitrogen and oxygen atoms in total. The number of unbranched alkanes of at least 4 members (excludes halogenated alkanes) is 10. The molecule has 0 amide bonds. The highest BCUT2D eigenvalue weighted by Gasteiger charge is 2.12. The number of hydrogen-bond donors (Lipinski definition) is 0. The van der Waals surface area contributed by atoms with Gasteiger partial charge < -0.3 is 14.2 Å². The van der Waals surface area contributed by atoms with Gasteiger partial charge in [0, 0.05) is 13.0 Å². The molecule has 30 heavy (non-hydrogen) atoms. The summed E-state index contributed by atoms with van der Waals surface area (Å²) in [6, 6.07) is 0. The lowest BCUT2D eigenvalue weighted by molar-refractivity contribution is -0.127. The smallest absolute Gasteiger partial charge is 0.306 e. The highest BCUT2D eigenvalue weighted by Crippen LogP contribution is 2.11. The van der Waals surface area contributed by atoms with E-state index in [1.54, 1.807) is 0 Å². The molecule has 0 aromatic carbocycles. The Morgan fingerprint density at radius 2 is 1.20 bits per heavy atom. The zero-order valence-electron chi connectivity index (χ0n) is 19.0. The Bertz CT molecular complexity index is 511. The van der Waals surface area contributed by atoms with E-state index in [1.807, 2.05) is 6.92 Å². The van der Waals surface area contributed by atoms with Gasteiger partial charge in [-0.1, -0.05) is 70.6 Å². The summed E-state index contributed by atoms with van der Waals surface area (Å²) in [6.45, 7) is 6.53. The van der Waals surface area contributed by atoms with Crippen LogP contribution in [-0.4, -0.2) is 53.8 Å². The number of rotatable bonds is 22. The van der Waals surface area contributed by atoms with E-state index in [0.717, 1.165) is 12.8 Å². The highest BCUT2D eigenvalue weighted by molar-refractivity contribution is 7.86. The van der Waals surface area contributed by atoms with Crippen LogP contribution in [0.15, 0.2) is 0 Å². The molecule has 0 bridgehead atoms. The Morgan fingerprint density at radius 1 is 0.667 bits per heavy atom. The largest absolute Gasteiger partial charge is 0.379 e. The van der Waals surface area contributed by atoms with Gasteiger partial charge >= 0.3 is 10.1 Å². The van der Waals surface area contributed by atoms with E-state index in [-0.39, 0.29) is 12.4 Å². The van der Waals surface area contributed by atoms with Crippen molar-refractivity contribution in [2.45, 2.75) is 84.5 Å². The molecule has 0 aromatic rings. The normalized spacial score (nSPS) is 11.3. The molecule has 0 fully saturated rings. The lowest BCUT2D eigenvalue weighted by Gasteiger charge is -2.05. The van der Waals surface area contributed by atoms with Gasteiger partial charge in [0.1, 0.15) is 5.75 Å². The molecule has 0 spiro atoms. The summed E-state index contributed by atoms with van der Waals surface area (Å²) < 4.78 is 43.2. The molecule has 0 radical (unpaired) electrons. The monoisotopic (exact) mass is 450 g/mol. The van der Waals surface area contributed by atoms with Gasteiger partial charge in [-0.05, 0) is 17.7 Å². The van der Waals surface area contributed by atoms with Gasteiger partial charge in [0.05, 0.1) is 33.0 Å². The van der Waals surface area contributed by atoms with Crippen molar-refractivity contribution in [1.29, 1.82) is 0 Å². The van der Waals surface area contributed by atoms with Crippen molar-refractivity contribution in [2.24, 2.45) is 0 Å². The molecule has 0 heterocycles. The predicted octanol–water partition coefficient (Wildman–Crippen LogP) is 4.61. The fraction of sp³-hybridized carbons (Fsp3) is 0.909. The van der Waals surface area contributed by atoms with Crippen molar-refractivity contribution in [1.82, 2.24) is 0 Å². The zero-order chi connectivity index (χ0) is 22.2. The first kappa shape index (κ1) is 29.1. The Kier molecular flexibility index (Phi) is 22.2. The SMILES string of the molecule is CCCCCCCCCCCCC#COOS(=O)(=O)CCOCCOCCOCC. The van der Waals surface area contributed by atoms with Crippen LogP contribution < -0.4 is 0 Å². The van der Waals surface area contributed by atoms with E-state index >= 15 is 0 Å². The van der Waals surface area contributed by atoms with E-state index in [0.29, 0.717) is 39.5 Å². The van der Waals surface area contributed by atoms with Crippen LogP contribution in [0.4, 0.5) is 0 Å². The lowest BCUT2D eigenvalue weighted by atomic mass is 10.1. The van der Waals surface area contributed by atoms with E-state index in [1.165, 1.54) is 51.4 Å². The van der Waals surface area contributed by atoms with Crippen LogP contribution in [0.25, 0.3) is 0 Å². The Balaban J connectivity index is 3.44. The van der Waals surface area contributed by atoms with Gasteiger partial charge in [0.15, 0.2) is 6.11 Å². The maximum absolute atomic E-state index is 11.6. The summed E-state index contributed by atoms with van der Waals surface area (Å²) in [5, 5.41) is 0. The molecular weight excluding hydrogens is 408 g/mol. The molecule has 0 aliphatic carbocycles. The minimum absolute atomic E-state index is 0.00649. The minimum Gasteiger partial charge on any atom is -0.379 e. The van der Waals surface area contributed by atoms with Crippen LogP contribution in [0.2, 0.25) is 0 Å². The predicted molar refractivity (Wildman–Crippen MR) is 118 cm³/mol. The van der Waals surface area contributed by atoms with E-state index in [4.69, 9.17) is 14.2 Å². The van der Waals surface area contributed by atoms with Crippen LogP contribution in [0.3, 0.4) is 0 Å². The summed E-state index contributed by atoms with van der Waals surface area (Å²) >= 11 is 0. The quantitative estimate of drug-likeness (QED) is 0.103. The summed E-state index contributed by atoms with van der Waals surface area (Å²) in [5.41, 5.74) is 0. The number of hydrogen-bond acceptors (Lipinski definition) is 7. The van der Waals surface area contributed by atoms with Crippen molar-refractivity contribution in [3.8, 4) is 12.0 Å². The maximum atomic E-state index is 11.6. The Morgan fingerprint density at radius 3 is 1.80 bits per heavy atom. The van der Waals surface area contributed by atoms with Crippen molar-refractivity contribution in [3.05, 3.63) is 0 Å². The van der Waals surface area contributed by atoms with Gasteiger partial charge in [0.2, 0.25) is 0 Å². The Labute approximate surface area is 184 Å². The average molecular weight is 451 g/mol. The van der Waals surface area contributed by atoms with Gasteiger partial charge in [-0.3, -0.25) is 4.89 Å². The van der Waals surface area contributed by atoms with Crippen LogP contribution >= 0.6 is 0 Å². The second-order valence-corrected chi connectivity index (χ2v) is 8.71. The molecular formula is C22H42O7S. The molecule has 0 saturated carbocycles.